The highest BCUT2D eigenvalue weighted by atomic mass is 16.5. The number of rotatable bonds is 5. The molecule has 1 heterocycles. The molecule has 1 aromatic rings. The third-order valence-electron chi connectivity index (χ3n) is 2.04. The molecule has 0 bridgehead atoms. The Bertz CT molecular complexity index is 335. The Balaban J connectivity index is 2.44. The zero-order chi connectivity index (χ0) is 11.3. The molecule has 0 aliphatic rings. The van der Waals surface area contributed by atoms with Crippen LogP contribution in [0, 0.1) is 0 Å². The van der Waals surface area contributed by atoms with Crippen molar-refractivity contribution < 1.29 is 9.53 Å². The van der Waals surface area contributed by atoms with E-state index in [1.54, 1.807) is 14.2 Å². The molecular formula is C9H16N4O2. The monoisotopic (exact) mass is 212 g/mol. The van der Waals surface area contributed by atoms with Crippen molar-refractivity contribution in [1.82, 2.24) is 15.1 Å². The van der Waals surface area contributed by atoms with Gasteiger partial charge in [0.05, 0.1) is 6.20 Å². The third-order valence-corrected chi connectivity index (χ3v) is 2.04. The van der Waals surface area contributed by atoms with Gasteiger partial charge < -0.3 is 15.8 Å². The minimum atomic E-state index is -0.197. The number of methoxy groups -OCH3 is 1. The van der Waals surface area contributed by atoms with E-state index in [1.165, 1.54) is 10.9 Å². The predicted molar refractivity (Wildman–Crippen MR) is 56.4 cm³/mol. The molecule has 0 fully saturated rings. The summed E-state index contributed by atoms with van der Waals surface area (Å²) in [5.41, 5.74) is 6.06. The molecule has 0 aromatic carbocycles. The summed E-state index contributed by atoms with van der Waals surface area (Å²) >= 11 is 0. The Kier molecular flexibility index (Phi) is 4.11. The number of nitrogens with one attached hydrogen (secondary N) is 1. The molecule has 15 heavy (non-hydrogen) atoms. The van der Waals surface area contributed by atoms with Gasteiger partial charge in [-0.3, -0.25) is 9.48 Å². The topological polar surface area (TPSA) is 82.2 Å². The number of ether oxygens (including phenoxy) is 1. The Morgan fingerprint density at radius 2 is 2.47 bits per heavy atom. The Hall–Kier alpha value is -1.56. The van der Waals surface area contributed by atoms with E-state index in [0.29, 0.717) is 24.5 Å². The molecule has 1 rings (SSSR count). The fourth-order valence-corrected chi connectivity index (χ4v) is 1.14. The van der Waals surface area contributed by atoms with Gasteiger partial charge in [-0.15, -0.1) is 0 Å². The summed E-state index contributed by atoms with van der Waals surface area (Å²) in [5.74, 6) is 0.177. The fraction of sp³-hybridized carbons (Fsp3) is 0.556. The number of amides is 1. The average Bonchev–Trinajstić information content (AvgIpc) is 2.55. The van der Waals surface area contributed by atoms with Crippen molar-refractivity contribution in [3.63, 3.8) is 0 Å². The van der Waals surface area contributed by atoms with Gasteiger partial charge in [-0.1, -0.05) is 0 Å². The number of nitrogen functional groups attached to an aromatic ring is 1. The van der Waals surface area contributed by atoms with Crippen LogP contribution in [-0.2, 0) is 11.8 Å². The van der Waals surface area contributed by atoms with Gasteiger partial charge in [-0.2, -0.15) is 5.10 Å². The second-order valence-electron chi connectivity index (χ2n) is 3.17. The van der Waals surface area contributed by atoms with Crippen LogP contribution < -0.4 is 11.1 Å². The maximum Gasteiger partial charge on any atom is 0.256 e. The molecule has 0 aliphatic heterocycles. The van der Waals surface area contributed by atoms with E-state index in [2.05, 4.69) is 10.4 Å². The molecule has 84 valence electrons. The standard InChI is InChI=1S/C9H16N4O2/c1-13-8(10)7(6-12-13)9(14)11-4-3-5-15-2/h6H,3-5,10H2,1-2H3,(H,11,14). The van der Waals surface area contributed by atoms with E-state index in [-0.39, 0.29) is 5.91 Å². The van der Waals surface area contributed by atoms with E-state index >= 15 is 0 Å². The summed E-state index contributed by atoms with van der Waals surface area (Å²) in [6.45, 7) is 1.20. The number of aromatic nitrogens is 2. The first-order chi connectivity index (χ1) is 7.16. The largest absolute Gasteiger partial charge is 0.385 e. The van der Waals surface area contributed by atoms with Crippen LogP contribution in [0.4, 0.5) is 5.82 Å². The number of hydrogen-bond donors (Lipinski definition) is 2. The zero-order valence-corrected chi connectivity index (χ0v) is 8.99. The molecule has 3 N–H and O–H groups in total. The highest BCUT2D eigenvalue weighted by Gasteiger charge is 2.12. The summed E-state index contributed by atoms with van der Waals surface area (Å²) in [6.07, 6.45) is 2.24. The molecule has 0 saturated heterocycles. The first-order valence-electron chi connectivity index (χ1n) is 4.71. The molecular weight excluding hydrogens is 196 g/mol. The summed E-state index contributed by atoms with van der Waals surface area (Å²) in [6, 6.07) is 0. The van der Waals surface area contributed by atoms with E-state index in [4.69, 9.17) is 10.5 Å². The van der Waals surface area contributed by atoms with E-state index in [1.807, 2.05) is 0 Å². The second-order valence-corrected chi connectivity index (χ2v) is 3.17. The maximum atomic E-state index is 11.6. The highest BCUT2D eigenvalue weighted by molar-refractivity contribution is 5.98. The number of nitrogens with two attached hydrogens (primary N) is 1. The number of carbonyl (C=O) groups excluding carboxylic acids is 1. The minimum Gasteiger partial charge on any atom is -0.385 e. The molecule has 0 aliphatic carbocycles. The van der Waals surface area contributed by atoms with Crippen LogP contribution in [0.15, 0.2) is 6.20 Å². The average molecular weight is 212 g/mol. The van der Waals surface area contributed by atoms with Crippen molar-refractivity contribution in [3.05, 3.63) is 11.8 Å². The first kappa shape index (κ1) is 11.5. The lowest BCUT2D eigenvalue weighted by Crippen LogP contribution is -2.25. The van der Waals surface area contributed by atoms with Gasteiger partial charge in [-0.05, 0) is 6.42 Å². The van der Waals surface area contributed by atoms with Crippen molar-refractivity contribution in [2.24, 2.45) is 7.05 Å². The molecule has 0 saturated carbocycles. The molecule has 0 spiro atoms. The quantitative estimate of drug-likeness (QED) is 0.660. The van der Waals surface area contributed by atoms with Gasteiger partial charge in [0.25, 0.3) is 5.91 Å². The lowest BCUT2D eigenvalue weighted by Gasteiger charge is -2.03. The lowest BCUT2D eigenvalue weighted by molar-refractivity contribution is 0.0949. The smallest absolute Gasteiger partial charge is 0.256 e. The van der Waals surface area contributed by atoms with Crippen molar-refractivity contribution in [3.8, 4) is 0 Å². The van der Waals surface area contributed by atoms with Crippen molar-refractivity contribution in [2.45, 2.75) is 6.42 Å². The summed E-state index contributed by atoms with van der Waals surface area (Å²) < 4.78 is 6.33. The highest BCUT2D eigenvalue weighted by Crippen LogP contribution is 2.08. The van der Waals surface area contributed by atoms with Gasteiger partial charge in [0, 0.05) is 27.3 Å². The van der Waals surface area contributed by atoms with Crippen LogP contribution in [0.1, 0.15) is 16.8 Å². The Morgan fingerprint density at radius 1 is 1.73 bits per heavy atom. The molecule has 0 atom stereocenters. The fourth-order valence-electron chi connectivity index (χ4n) is 1.14. The summed E-state index contributed by atoms with van der Waals surface area (Å²) in [5, 5.41) is 6.62. The molecule has 6 nitrogen and oxygen atoms in total. The van der Waals surface area contributed by atoms with Crippen LogP contribution in [0.2, 0.25) is 0 Å². The number of anilines is 1. The van der Waals surface area contributed by atoms with Crippen molar-refractivity contribution in [2.75, 3.05) is 26.0 Å². The van der Waals surface area contributed by atoms with Gasteiger partial charge in [-0.25, -0.2) is 0 Å². The van der Waals surface area contributed by atoms with Crippen LogP contribution in [-0.4, -0.2) is 35.9 Å². The number of nitrogens with zero attached hydrogens (tertiary/aromatic N) is 2. The number of aryl methyl sites for hydroxylation is 1. The van der Waals surface area contributed by atoms with Gasteiger partial charge in [0.2, 0.25) is 0 Å². The molecule has 1 amide bonds. The van der Waals surface area contributed by atoms with Crippen LogP contribution in [0.3, 0.4) is 0 Å². The SMILES string of the molecule is COCCCNC(=O)c1cnn(C)c1N. The number of hydrogen-bond acceptors (Lipinski definition) is 4. The Morgan fingerprint density at radius 3 is 3.00 bits per heavy atom. The summed E-state index contributed by atoms with van der Waals surface area (Å²) in [4.78, 5) is 11.6. The zero-order valence-electron chi connectivity index (χ0n) is 8.99. The van der Waals surface area contributed by atoms with E-state index in [0.717, 1.165) is 6.42 Å². The van der Waals surface area contributed by atoms with Crippen LogP contribution >= 0.6 is 0 Å². The second kappa shape index (κ2) is 5.35. The van der Waals surface area contributed by atoms with Crippen LogP contribution in [0.25, 0.3) is 0 Å². The molecule has 0 unspecified atom stereocenters. The van der Waals surface area contributed by atoms with Gasteiger partial charge in [0.15, 0.2) is 0 Å². The van der Waals surface area contributed by atoms with Crippen LogP contribution in [0.5, 0.6) is 0 Å². The van der Waals surface area contributed by atoms with Gasteiger partial charge in [0.1, 0.15) is 11.4 Å². The third kappa shape index (κ3) is 2.95. The van der Waals surface area contributed by atoms with Crippen molar-refractivity contribution >= 4 is 11.7 Å². The van der Waals surface area contributed by atoms with Crippen molar-refractivity contribution in [1.29, 1.82) is 0 Å². The molecule has 1 aromatic heterocycles. The van der Waals surface area contributed by atoms with E-state index < -0.39 is 0 Å². The van der Waals surface area contributed by atoms with Gasteiger partial charge >= 0.3 is 0 Å². The number of carbonyl (C=O) groups is 1. The minimum absolute atomic E-state index is 0.197. The Labute approximate surface area is 88.4 Å². The molecule has 6 heteroatoms. The summed E-state index contributed by atoms with van der Waals surface area (Å²) in [7, 11) is 3.32. The molecule has 0 radical (unpaired) electrons. The first-order valence-corrected chi connectivity index (χ1v) is 4.71. The maximum absolute atomic E-state index is 11.6. The normalized spacial score (nSPS) is 10.3. The lowest BCUT2D eigenvalue weighted by atomic mass is 10.3. The van der Waals surface area contributed by atoms with E-state index in [9.17, 15) is 4.79 Å². The predicted octanol–water partition coefficient (Wildman–Crippen LogP) is -0.231.